The molecule has 0 unspecified atom stereocenters. The predicted molar refractivity (Wildman–Crippen MR) is 104 cm³/mol. The van der Waals surface area contributed by atoms with E-state index in [1.54, 1.807) is 0 Å². The third-order valence-corrected chi connectivity index (χ3v) is 5.34. The predicted octanol–water partition coefficient (Wildman–Crippen LogP) is 5.46. The van der Waals surface area contributed by atoms with Gasteiger partial charge in [-0.15, -0.1) is 0 Å². The monoisotopic (exact) mass is 336 g/mol. The molecule has 2 fully saturated rings. The summed E-state index contributed by atoms with van der Waals surface area (Å²) in [5.41, 5.74) is 4.80. The van der Waals surface area contributed by atoms with Crippen LogP contribution in [0.25, 0.3) is 0 Å². The van der Waals surface area contributed by atoms with Crippen molar-refractivity contribution in [1.82, 2.24) is 9.97 Å². The van der Waals surface area contributed by atoms with Crippen molar-refractivity contribution in [1.29, 1.82) is 0 Å². The summed E-state index contributed by atoms with van der Waals surface area (Å²) in [6, 6.07) is 9.14. The summed E-state index contributed by atoms with van der Waals surface area (Å²) < 4.78 is 0. The highest BCUT2D eigenvalue weighted by Crippen LogP contribution is 2.40. The zero-order chi connectivity index (χ0) is 17.2. The van der Waals surface area contributed by atoms with Gasteiger partial charge >= 0.3 is 0 Å². The van der Waals surface area contributed by atoms with E-state index in [4.69, 9.17) is 9.97 Å². The number of benzene rings is 1. The largest absolute Gasteiger partial charge is 0.351 e. The summed E-state index contributed by atoms with van der Waals surface area (Å²) in [6.07, 6.45) is 8.96. The van der Waals surface area contributed by atoms with E-state index in [0.29, 0.717) is 12.0 Å². The van der Waals surface area contributed by atoms with Gasteiger partial charge in [0, 0.05) is 23.7 Å². The van der Waals surface area contributed by atoms with E-state index in [-0.39, 0.29) is 0 Å². The summed E-state index contributed by atoms with van der Waals surface area (Å²) >= 11 is 0. The Bertz CT molecular complexity index is 746. The van der Waals surface area contributed by atoms with Crippen LogP contribution in [0.5, 0.6) is 0 Å². The first-order valence-corrected chi connectivity index (χ1v) is 9.67. The molecule has 2 saturated carbocycles. The van der Waals surface area contributed by atoms with E-state index in [9.17, 15) is 0 Å². The lowest BCUT2D eigenvalue weighted by atomic mass is 9.96. The van der Waals surface area contributed by atoms with E-state index < -0.39 is 0 Å². The molecule has 4 nitrogen and oxygen atoms in total. The van der Waals surface area contributed by atoms with Crippen LogP contribution in [0.15, 0.2) is 24.3 Å². The van der Waals surface area contributed by atoms with E-state index in [2.05, 4.69) is 48.7 Å². The molecular formula is C21H28N4. The van der Waals surface area contributed by atoms with Crippen molar-refractivity contribution in [3.63, 3.8) is 0 Å². The van der Waals surface area contributed by atoms with Crippen molar-refractivity contribution in [3.8, 4) is 0 Å². The molecule has 0 radical (unpaired) electrons. The third kappa shape index (κ3) is 4.12. The molecule has 0 saturated heterocycles. The molecule has 2 aliphatic rings. The van der Waals surface area contributed by atoms with Gasteiger partial charge in [-0.1, -0.05) is 31.4 Å². The molecule has 0 bridgehead atoms. The Balaban J connectivity index is 1.58. The van der Waals surface area contributed by atoms with Crippen molar-refractivity contribution in [2.24, 2.45) is 0 Å². The Morgan fingerprint density at radius 2 is 1.72 bits per heavy atom. The fourth-order valence-electron chi connectivity index (χ4n) is 3.62. The molecule has 25 heavy (non-hydrogen) atoms. The molecule has 2 aromatic rings. The average molecular weight is 336 g/mol. The number of rotatable bonds is 5. The second-order valence-electron chi connectivity index (χ2n) is 7.70. The highest BCUT2D eigenvalue weighted by Gasteiger charge is 2.26. The molecule has 132 valence electrons. The molecule has 4 heteroatoms. The number of aryl methyl sites for hydroxylation is 2. The van der Waals surface area contributed by atoms with Crippen LogP contribution in [-0.4, -0.2) is 16.0 Å². The summed E-state index contributed by atoms with van der Waals surface area (Å²) in [6.45, 7) is 4.25. The number of hydrogen-bond donors (Lipinski definition) is 2. The average Bonchev–Trinajstić information content (AvgIpc) is 3.44. The van der Waals surface area contributed by atoms with Crippen LogP contribution in [0.3, 0.4) is 0 Å². The molecule has 0 atom stereocenters. The van der Waals surface area contributed by atoms with Gasteiger partial charge in [-0.05, 0) is 56.7 Å². The lowest BCUT2D eigenvalue weighted by Gasteiger charge is -2.23. The fourth-order valence-corrected chi connectivity index (χ4v) is 3.62. The fraction of sp³-hybridized carbons (Fsp3) is 0.524. The number of hydrogen-bond acceptors (Lipinski definition) is 4. The second-order valence-corrected chi connectivity index (χ2v) is 7.70. The maximum atomic E-state index is 4.81. The highest BCUT2D eigenvalue weighted by molar-refractivity contribution is 5.62. The van der Waals surface area contributed by atoms with Gasteiger partial charge in [-0.2, -0.15) is 4.98 Å². The quantitative estimate of drug-likeness (QED) is 0.761. The molecule has 0 spiro atoms. The van der Waals surface area contributed by atoms with Gasteiger partial charge in [-0.3, -0.25) is 0 Å². The highest BCUT2D eigenvalue weighted by atomic mass is 15.2. The van der Waals surface area contributed by atoms with E-state index >= 15 is 0 Å². The van der Waals surface area contributed by atoms with Crippen LogP contribution >= 0.6 is 0 Å². The smallest absolute Gasteiger partial charge is 0.225 e. The first-order chi connectivity index (χ1) is 12.2. The van der Waals surface area contributed by atoms with Gasteiger partial charge < -0.3 is 10.6 Å². The SMILES string of the molecule is Cc1ccc(C)c(Nc2cc(C3CC3)nc(NC3CCCCC3)n2)c1. The second kappa shape index (κ2) is 7.03. The first-order valence-electron chi connectivity index (χ1n) is 9.67. The van der Waals surface area contributed by atoms with Gasteiger partial charge in [0.05, 0.1) is 5.69 Å². The van der Waals surface area contributed by atoms with Crippen LogP contribution in [-0.2, 0) is 0 Å². The van der Waals surface area contributed by atoms with Crippen molar-refractivity contribution in [2.45, 2.75) is 70.8 Å². The number of aromatic nitrogens is 2. The summed E-state index contributed by atoms with van der Waals surface area (Å²) in [5.74, 6) is 2.32. The lowest BCUT2D eigenvalue weighted by molar-refractivity contribution is 0.460. The molecule has 1 aromatic carbocycles. The van der Waals surface area contributed by atoms with Crippen LogP contribution in [0, 0.1) is 13.8 Å². The molecule has 2 N–H and O–H groups in total. The third-order valence-electron chi connectivity index (χ3n) is 5.34. The minimum atomic E-state index is 0.525. The van der Waals surface area contributed by atoms with Crippen molar-refractivity contribution in [2.75, 3.05) is 10.6 Å². The molecule has 2 aliphatic carbocycles. The van der Waals surface area contributed by atoms with E-state index in [0.717, 1.165) is 17.5 Å². The summed E-state index contributed by atoms with van der Waals surface area (Å²) in [4.78, 5) is 9.58. The van der Waals surface area contributed by atoms with E-state index in [1.165, 1.54) is 61.8 Å². The Labute approximate surface area is 150 Å². The van der Waals surface area contributed by atoms with Crippen LogP contribution in [0.2, 0.25) is 0 Å². The number of nitrogens with one attached hydrogen (secondary N) is 2. The number of anilines is 3. The Hall–Kier alpha value is -2.10. The Kier molecular flexibility index (Phi) is 4.60. The normalized spacial score (nSPS) is 18.2. The van der Waals surface area contributed by atoms with Gasteiger partial charge in [0.1, 0.15) is 5.82 Å². The lowest BCUT2D eigenvalue weighted by Crippen LogP contribution is -2.23. The zero-order valence-corrected chi connectivity index (χ0v) is 15.3. The molecule has 0 aliphatic heterocycles. The van der Waals surface area contributed by atoms with Crippen LogP contribution in [0.4, 0.5) is 17.5 Å². The van der Waals surface area contributed by atoms with Gasteiger partial charge in [0.25, 0.3) is 0 Å². The van der Waals surface area contributed by atoms with Crippen molar-refractivity contribution in [3.05, 3.63) is 41.1 Å². The molecular weight excluding hydrogens is 308 g/mol. The first kappa shape index (κ1) is 16.4. The number of nitrogens with zero attached hydrogens (tertiary/aromatic N) is 2. The topological polar surface area (TPSA) is 49.8 Å². The molecule has 1 heterocycles. The van der Waals surface area contributed by atoms with Gasteiger partial charge in [-0.25, -0.2) is 4.98 Å². The van der Waals surface area contributed by atoms with Crippen molar-refractivity contribution >= 4 is 17.5 Å². The van der Waals surface area contributed by atoms with Gasteiger partial charge in [0.2, 0.25) is 5.95 Å². The Morgan fingerprint density at radius 3 is 2.48 bits per heavy atom. The van der Waals surface area contributed by atoms with Crippen LogP contribution in [0.1, 0.15) is 67.7 Å². The minimum absolute atomic E-state index is 0.525. The Morgan fingerprint density at radius 1 is 0.920 bits per heavy atom. The summed E-state index contributed by atoms with van der Waals surface area (Å²) in [7, 11) is 0. The maximum absolute atomic E-state index is 4.81. The summed E-state index contributed by atoms with van der Waals surface area (Å²) in [5, 5.41) is 7.12. The maximum Gasteiger partial charge on any atom is 0.225 e. The minimum Gasteiger partial charge on any atom is -0.351 e. The molecule has 1 aromatic heterocycles. The van der Waals surface area contributed by atoms with Crippen LogP contribution < -0.4 is 10.6 Å². The standard InChI is InChI=1S/C21H28N4/c1-14-8-9-15(2)18(12-14)23-20-13-19(16-10-11-16)24-21(25-20)22-17-6-4-3-5-7-17/h8-9,12-13,16-17H,3-7,10-11H2,1-2H3,(H2,22,23,24,25). The zero-order valence-electron chi connectivity index (χ0n) is 15.3. The molecule has 4 rings (SSSR count). The van der Waals surface area contributed by atoms with E-state index in [1.807, 2.05) is 0 Å². The van der Waals surface area contributed by atoms with Gasteiger partial charge in [0.15, 0.2) is 0 Å². The molecule has 0 amide bonds. The van der Waals surface area contributed by atoms with Crippen molar-refractivity contribution < 1.29 is 0 Å².